The van der Waals surface area contributed by atoms with E-state index in [1.54, 1.807) is 12.1 Å². The van der Waals surface area contributed by atoms with Crippen molar-refractivity contribution in [2.24, 2.45) is 9.98 Å². The number of para-hydroxylation sites is 1. The molecule has 2 aliphatic heterocycles. The number of halogens is 2. The van der Waals surface area contributed by atoms with Crippen LogP contribution < -0.4 is 5.32 Å². The molecule has 2 amide bonds. The summed E-state index contributed by atoms with van der Waals surface area (Å²) in [5.74, 6) is 0.176. The molecule has 0 unspecified atom stereocenters. The first-order chi connectivity index (χ1) is 17.0. The van der Waals surface area contributed by atoms with Gasteiger partial charge in [0.15, 0.2) is 5.17 Å². The molecule has 0 saturated carbocycles. The number of aliphatic imine (C=N–C) groups is 2. The van der Waals surface area contributed by atoms with Crippen LogP contribution in [0.25, 0.3) is 0 Å². The number of amides is 2. The highest BCUT2D eigenvalue weighted by molar-refractivity contribution is 8.13. The lowest BCUT2D eigenvalue weighted by Gasteiger charge is -2.25. The number of benzene rings is 3. The highest BCUT2D eigenvalue weighted by Gasteiger charge is 2.42. The van der Waals surface area contributed by atoms with Crippen molar-refractivity contribution in [3.8, 4) is 0 Å². The molecule has 0 saturated heterocycles. The molecule has 0 aromatic heterocycles. The van der Waals surface area contributed by atoms with Crippen molar-refractivity contribution in [1.29, 1.82) is 0 Å². The summed E-state index contributed by atoms with van der Waals surface area (Å²) in [4.78, 5) is 36.8. The third kappa shape index (κ3) is 5.13. The molecule has 0 fully saturated rings. The minimum Gasteiger partial charge on any atom is -0.352 e. The van der Waals surface area contributed by atoms with Gasteiger partial charge in [0.1, 0.15) is 17.7 Å². The monoisotopic (exact) mass is 506 g/mol. The second-order valence-corrected chi connectivity index (χ2v) is 9.46. The average molecular weight is 507 g/mol. The van der Waals surface area contributed by atoms with Gasteiger partial charge in [0, 0.05) is 22.9 Å². The third-order valence-electron chi connectivity index (χ3n) is 5.61. The molecule has 0 spiro atoms. The molecule has 3 aromatic rings. The second-order valence-electron chi connectivity index (χ2n) is 8.08. The maximum atomic E-state index is 13.3. The van der Waals surface area contributed by atoms with E-state index >= 15 is 0 Å². The first-order valence-corrected chi connectivity index (χ1v) is 12.3. The lowest BCUT2D eigenvalue weighted by Crippen LogP contribution is -2.42. The zero-order chi connectivity index (χ0) is 24.4. The summed E-state index contributed by atoms with van der Waals surface area (Å²) in [5.41, 5.74) is 3.30. The quantitative estimate of drug-likeness (QED) is 0.507. The van der Waals surface area contributed by atoms with Gasteiger partial charge in [0.05, 0.1) is 12.1 Å². The number of hydrogen-bond donors (Lipinski definition) is 1. The van der Waals surface area contributed by atoms with Crippen molar-refractivity contribution < 1.29 is 14.0 Å². The van der Waals surface area contributed by atoms with Gasteiger partial charge in [-0.25, -0.2) is 14.3 Å². The van der Waals surface area contributed by atoms with E-state index in [-0.39, 0.29) is 30.6 Å². The van der Waals surface area contributed by atoms with Crippen LogP contribution in [-0.4, -0.2) is 33.8 Å². The van der Waals surface area contributed by atoms with E-state index in [9.17, 15) is 14.0 Å². The van der Waals surface area contributed by atoms with Gasteiger partial charge in [-0.2, -0.15) is 0 Å². The lowest BCUT2D eigenvalue weighted by atomic mass is 10.1. The molecule has 9 heteroatoms. The predicted octanol–water partition coefficient (Wildman–Crippen LogP) is 5.08. The number of fused-ring (bicyclic) bond motifs is 3. The fraction of sp³-hybridized carbons (Fsp3) is 0.154. The van der Waals surface area contributed by atoms with E-state index in [1.165, 1.54) is 28.8 Å². The molecular weight excluding hydrogens is 487 g/mol. The number of carbonyl (C=O) groups is 2. The number of thioether (sulfide) groups is 1. The highest BCUT2D eigenvalue weighted by Crippen LogP contribution is 2.35. The third-order valence-corrected chi connectivity index (χ3v) is 6.87. The zero-order valence-corrected chi connectivity index (χ0v) is 20.0. The molecule has 176 valence electrons. The van der Waals surface area contributed by atoms with Crippen molar-refractivity contribution in [1.82, 2.24) is 10.2 Å². The Hall–Kier alpha value is -3.49. The Morgan fingerprint density at radius 3 is 2.51 bits per heavy atom. The standard InChI is InChI=1S/C26H20ClFN4O2S/c27-18-9-5-17(6-10-18)15-35-26-31-21-4-2-1-3-20(21)24-30-22(25(34)32(24)26)13-23(33)29-14-16-7-11-19(28)12-8-16/h1-12,22H,13-15H2,(H,29,33)/t22-/m0/s1. The van der Waals surface area contributed by atoms with E-state index < -0.39 is 6.04 Å². The Morgan fingerprint density at radius 1 is 1.03 bits per heavy atom. The number of rotatable bonds is 6. The van der Waals surface area contributed by atoms with Gasteiger partial charge in [-0.15, -0.1) is 0 Å². The predicted molar refractivity (Wildman–Crippen MR) is 136 cm³/mol. The molecule has 2 heterocycles. The van der Waals surface area contributed by atoms with Crippen molar-refractivity contribution in [2.75, 3.05) is 0 Å². The molecule has 35 heavy (non-hydrogen) atoms. The van der Waals surface area contributed by atoms with Gasteiger partial charge in [-0.3, -0.25) is 14.6 Å². The molecule has 0 bridgehead atoms. The molecule has 1 atom stereocenters. The molecular formula is C26H20ClFN4O2S. The summed E-state index contributed by atoms with van der Waals surface area (Å²) in [6.07, 6.45) is -0.0860. The van der Waals surface area contributed by atoms with Crippen LogP contribution in [0.5, 0.6) is 0 Å². The van der Waals surface area contributed by atoms with Gasteiger partial charge >= 0.3 is 0 Å². The van der Waals surface area contributed by atoms with Crippen LogP contribution in [0.4, 0.5) is 10.1 Å². The van der Waals surface area contributed by atoms with Crippen LogP contribution in [0.2, 0.25) is 5.02 Å². The van der Waals surface area contributed by atoms with E-state index in [0.29, 0.717) is 21.8 Å². The van der Waals surface area contributed by atoms with Crippen molar-refractivity contribution in [3.63, 3.8) is 0 Å². The molecule has 3 aromatic carbocycles. The minimum atomic E-state index is -0.842. The molecule has 1 N–H and O–H groups in total. The number of nitrogens with one attached hydrogen (secondary N) is 1. The van der Waals surface area contributed by atoms with Crippen molar-refractivity contribution in [3.05, 3.63) is 100 Å². The number of amidine groups is 2. The van der Waals surface area contributed by atoms with Crippen LogP contribution in [0.3, 0.4) is 0 Å². The SMILES string of the molecule is O=C(C[C@@H]1N=C2c3ccccc3N=C(SCc3ccc(Cl)cc3)N2C1=O)NCc1ccc(F)cc1. The summed E-state index contributed by atoms with van der Waals surface area (Å²) in [5, 5.41) is 3.97. The van der Waals surface area contributed by atoms with E-state index in [1.807, 2.05) is 48.5 Å². The van der Waals surface area contributed by atoms with E-state index in [0.717, 1.165) is 22.4 Å². The van der Waals surface area contributed by atoms with Gasteiger partial charge < -0.3 is 5.32 Å². The summed E-state index contributed by atoms with van der Waals surface area (Å²) in [6.45, 7) is 0.243. The van der Waals surface area contributed by atoms with Crippen molar-refractivity contribution in [2.45, 2.75) is 24.8 Å². The first kappa shape index (κ1) is 23.3. The fourth-order valence-electron chi connectivity index (χ4n) is 3.81. The largest absolute Gasteiger partial charge is 0.352 e. The Balaban J connectivity index is 1.32. The van der Waals surface area contributed by atoms with Crippen LogP contribution in [0, 0.1) is 5.82 Å². The topological polar surface area (TPSA) is 74.1 Å². The van der Waals surface area contributed by atoms with Crippen LogP contribution in [0.1, 0.15) is 23.1 Å². The van der Waals surface area contributed by atoms with Crippen LogP contribution >= 0.6 is 23.4 Å². The van der Waals surface area contributed by atoms with E-state index in [2.05, 4.69) is 10.3 Å². The second kappa shape index (κ2) is 10.0. The summed E-state index contributed by atoms with van der Waals surface area (Å²) in [7, 11) is 0. The number of carbonyl (C=O) groups excluding carboxylic acids is 2. The fourth-order valence-corrected chi connectivity index (χ4v) is 4.89. The van der Waals surface area contributed by atoms with Crippen LogP contribution in [-0.2, 0) is 21.9 Å². The Bertz CT molecular complexity index is 1340. The maximum absolute atomic E-state index is 13.3. The van der Waals surface area contributed by atoms with Crippen molar-refractivity contribution >= 4 is 51.9 Å². The van der Waals surface area contributed by atoms with E-state index in [4.69, 9.17) is 16.6 Å². The highest BCUT2D eigenvalue weighted by atomic mass is 35.5. The molecule has 6 nitrogen and oxygen atoms in total. The first-order valence-electron chi connectivity index (χ1n) is 11.0. The summed E-state index contributed by atoms with van der Waals surface area (Å²) >= 11 is 7.41. The maximum Gasteiger partial charge on any atom is 0.259 e. The Morgan fingerprint density at radius 2 is 1.74 bits per heavy atom. The molecule has 2 aliphatic rings. The zero-order valence-electron chi connectivity index (χ0n) is 18.4. The lowest BCUT2D eigenvalue weighted by molar-refractivity contribution is -0.128. The smallest absolute Gasteiger partial charge is 0.259 e. The van der Waals surface area contributed by atoms with Gasteiger partial charge in [0.25, 0.3) is 5.91 Å². The van der Waals surface area contributed by atoms with Gasteiger partial charge in [0.2, 0.25) is 5.91 Å². The van der Waals surface area contributed by atoms with Crippen LogP contribution in [0.15, 0.2) is 82.8 Å². The molecule has 0 aliphatic carbocycles. The number of hydrogen-bond acceptors (Lipinski definition) is 5. The molecule has 5 rings (SSSR count). The van der Waals surface area contributed by atoms with Gasteiger partial charge in [-0.05, 0) is 47.5 Å². The number of nitrogens with zero attached hydrogens (tertiary/aromatic N) is 3. The summed E-state index contributed by atoms with van der Waals surface area (Å²) in [6, 6.07) is 20.1. The summed E-state index contributed by atoms with van der Waals surface area (Å²) < 4.78 is 13.1. The minimum absolute atomic E-state index is 0.0860. The van der Waals surface area contributed by atoms with Gasteiger partial charge in [-0.1, -0.05) is 59.8 Å². The average Bonchev–Trinajstić information content (AvgIpc) is 3.19. The normalized spacial score (nSPS) is 16.3. The Labute approximate surface area is 210 Å². The molecule has 0 radical (unpaired) electrons. The Kier molecular flexibility index (Phi) is 6.66.